The number of halogens is 1. The summed E-state index contributed by atoms with van der Waals surface area (Å²) in [5.74, 6) is 0.274. The first-order chi connectivity index (χ1) is 14.7. The highest BCUT2D eigenvalue weighted by Crippen LogP contribution is 2.23. The lowest BCUT2D eigenvalue weighted by Crippen LogP contribution is -2.54. The summed E-state index contributed by atoms with van der Waals surface area (Å²) >= 11 is 5.98. The van der Waals surface area contributed by atoms with E-state index in [4.69, 9.17) is 11.6 Å². The van der Waals surface area contributed by atoms with Crippen molar-refractivity contribution in [2.75, 3.05) is 25.0 Å². The molecule has 4 amide bonds. The highest BCUT2D eigenvalue weighted by Gasteiger charge is 2.33. The van der Waals surface area contributed by atoms with E-state index in [0.29, 0.717) is 55.5 Å². The third-order valence-electron chi connectivity index (χ3n) is 5.25. The Balaban J connectivity index is 1.96. The molecule has 0 aromatic heterocycles. The molecular weight excluding hydrogens is 416 g/mol. The number of hydrogen-bond acceptors (Lipinski definition) is 3. The standard InChI is InChI=1S/C23H35ClN4O3/c1-15(2)12-20(29)27-21(22(30)25-14-16(3)4)17-8-10-28(11-9-17)23(31)26-19-7-5-6-18(24)13-19/h5-7,13,15-17,21H,8-12,14H2,1-4H3,(H,25,30)(H,26,31)(H,27,29). The van der Waals surface area contributed by atoms with Crippen LogP contribution in [0.3, 0.4) is 0 Å². The lowest BCUT2D eigenvalue weighted by molar-refractivity contribution is -0.131. The van der Waals surface area contributed by atoms with E-state index in [-0.39, 0.29) is 29.7 Å². The van der Waals surface area contributed by atoms with Gasteiger partial charge >= 0.3 is 6.03 Å². The number of nitrogens with one attached hydrogen (secondary N) is 3. The number of urea groups is 1. The number of nitrogens with zero attached hydrogens (tertiary/aromatic N) is 1. The van der Waals surface area contributed by atoms with Crippen molar-refractivity contribution in [1.82, 2.24) is 15.5 Å². The number of hydrogen-bond donors (Lipinski definition) is 3. The third-order valence-corrected chi connectivity index (χ3v) is 5.49. The molecule has 7 nitrogen and oxygen atoms in total. The van der Waals surface area contributed by atoms with Crippen LogP contribution in [-0.4, -0.2) is 48.4 Å². The predicted octanol–water partition coefficient (Wildman–Crippen LogP) is 3.89. The van der Waals surface area contributed by atoms with Gasteiger partial charge in [0.05, 0.1) is 0 Å². The molecular formula is C23H35ClN4O3. The Morgan fingerprint density at radius 3 is 2.35 bits per heavy atom. The van der Waals surface area contributed by atoms with E-state index in [1.54, 1.807) is 29.2 Å². The zero-order chi connectivity index (χ0) is 23.0. The smallest absolute Gasteiger partial charge is 0.321 e. The van der Waals surface area contributed by atoms with E-state index < -0.39 is 6.04 Å². The van der Waals surface area contributed by atoms with Crippen LogP contribution in [0, 0.1) is 17.8 Å². The molecule has 1 aliphatic heterocycles. The zero-order valence-corrected chi connectivity index (χ0v) is 19.7. The van der Waals surface area contributed by atoms with Crippen LogP contribution in [0.25, 0.3) is 0 Å². The van der Waals surface area contributed by atoms with Crippen LogP contribution in [0.1, 0.15) is 47.0 Å². The second-order valence-corrected chi connectivity index (χ2v) is 9.48. The molecule has 0 aliphatic carbocycles. The summed E-state index contributed by atoms with van der Waals surface area (Å²) in [5, 5.41) is 9.32. The van der Waals surface area contributed by atoms with Gasteiger partial charge in [0, 0.05) is 36.8 Å². The second-order valence-electron chi connectivity index (χ2n) is 9.05. The summed E-state index contributed by atoms with van der Waals surface area (Å²) in [6, 6.07) is 6.25. The van der Waals surface area contributed by atoms with Gasteiger partial charge in [-0.2, -0.15) is 0 Å². The predicted molar refractivity (Wildman–Crippen MR) is 124 cm³/mol. The van der Waals surface area contributed by atoms with Gasteiger partial charge in [-0.25, -0.2) is 4.79 Å². The Hall–Kier alpha value is -2.28. The maximum atomic E-state index is 12.8. The summed E-state index contributed by atoms with van der Waals surface area (Å²) in [6.45, 7) is 9.62. The molecule has 1 saturated heterocycles. The van der Waals surface area contributed by atoms with E-state index >= 15 is 0 Å². The minimum absolute atomic E-state index is 0.0153. The summed E-state index contributed by atoms with van der Waals surface area (Å²) in [6.07, 6.45) is 1.67. The molecule has 2 rings (SSSR count). The van der Waals surface area contributed by atoms with E-state index in [0.717, 1.165) is 0 Å². The molecule has 172 valence electrons. The van der Waals surface area contributed by atoms with Crippen molar-refractivity contribution >= 4 is 35.1 Å². The van der Waals surface area contributed by atoms with Gasteiger partial charge in [-0.3, -0.25) is 9.59 Å². The van der Waals surface area contributed by atoms with Crippen molar-refractivity contribution in [2.24, 2.45) is 17.8 Å². The number of rotatable bonds is 8. The van der Waals surface area contributed by atoms with E-state index in [9.17, 15) is 14.4 Å². The first-order valence-corrected chi connectivity index (χ1v) is 11.4. The van der Waals surface area contributed by atoms with Crippen molar-refractivity contribution in [1.29, 1.82) is 0 Å². The van der Waals surface area contributed by atoms with Crippen LogP contribution in [0.2, 0.25) is 5.02 Å². The van der Waals surface area contributed by atoms with Crippen LogP contribution in [0.5, 0.6) is 0 Å². The van der Waals surface area contributed by atoms with Crippen molar-refractivity contribution in [2.45, 2.75) is 53.0 Å². The fraction of sp³-hybridized carbons (Fsp3) is 0.609. The van der Waals surface area contributed by atoms with E-state index in [2.05, 4.69) is 16.0 Å². The van der Waals surface area contributed by atoms with Gasteiger partial charge in [0.15, 0.2) is 0 Å². The molecule has 1 atom stereocenters. The molecule has 1 aliphatic rings. The lowest BCUT2D eigenvalue weighted by Gasteiger charge is -2.36. The van der Waals surface area contributed by atoms with Crippen LogP contribution >= 0.6 is 11.6 Å². The van der Waals surface area contributed by atoms with Crippen LogP contribution in [0.15, 0.2) is 24.3 Å². The Labute approximate surface area is 190 Å². The monoisotopic (exact) mass is 450 g/mol. The number of carbonyl (C=O) groups excluding carboxylic acids is 3. The Kier molecular flexibility index (Phi) is 9.62. The van der Waals surface area contributed by atoms with Crippen molar-refractivity contribution in [3.63, 3.8) is 0 Å². The van der Waals surface area contributed by atoms with Gasteiger partial charge < -0.3 is 20.9 Å². The van der Waals surface area contributed by atoms with Gasteiger partial charge in [-0.15, -0.1) is 0 Å². The normalized spacial score (nSPS) is 15.6. The Morgan fingerprint density at radius 2 is 1.77 bits per heavy atom. The number of carbonyl (C=O) groups is 3. The maximum Gasteiger partial charge on any atom is 0.321 e. The minimum Gasteiger partial charge on any atom is -0.354 e. The van der Waals surface area contributed by atoms with Gasteiger partial charge in [-0.05, 0) is 48.8 Å². The SMILES string of the molecule is CC(C)CNC(=O)C(NC(=O)CC(C)C)C1CCN(C(=O)Nc2cccc(Cl)c2)CC1. The van der Waals surface area contributed by atoms with Gasteiger partial charge in [-0.1, -0.05) is 45.4 Å². The fourth-order valence-electron chi connectivity index (χ4n) is 3.62. The number of likely N-dealkylation sites (tertiary alicyclic amines) is 1. The van der Waals surface area contributed by atoms with E-state index in [1.165, 1.54) is 0 Å². The average Bonchev–Trinajstić information content (AvgIpc) is 2.70. The quantitative estimate of drug-likeness (QED) is 0.561. The maximum absolute atomic E-state index is 12.8. The Morgan fingerprint density at radius 1 is 1.10 bits per heavy atom. The van der Waals surface area contributed by atoms with Crippen LogP contribution in [-0.2, 0) is 9.59 Å². The molecule has 1 aromatic carbocycles. The molecule has 1 aromatic rings. The first kappa shape index (κ1) is 25.0. The van der Waals surface area contributed by atoms with Gasteiger partial charge in [0.1, 0.15) is 6.04 Å². The van der Waals surface area contributed by atoms with Crippen LogP contribution in [0.4, 0.5) is 10.5 Å². The van der Waals surface area contributed by atoms with E-state index in [1.807, 2.05) is 27.7 Å². The molecule has 3 N–H and O–H groups in total. The van der Waals surface area contributed by atoms with Crippen molar-refractivity contribution < 1.29 is 14.4 Å². The van der Waals surface area contributed by atoms with Gasteiger partial charge in [0.2, 0.25) is 11.8 Å². The largest absolute Gasteiger partial charge is 0.354 e. The van der Waals surface area contributed by atoms with Gasteiger partial charge in [0.25, 0.3) is 0 Å². The highest BCUT2D eigenvalue weighted by atomic mass is 35.5. The topological polar surface area (TPSA) is 90.5 Å². The molecule has 1 heterocycles. The minimum atomic E-state index is -0.580. The summed E-state index contributed by atoms with van der Waals surface area (Å²) in [7, 11) is 0. The number of piperidine rings is 1. The van der Waals surface area contributed by atoms with Crippen molar-refractivity contribution in [3.8, 4) is 0 Å². The summed E-state index contributed by atoms with van der Waals surface area (Å²) in [5.41, 5.74) is 0.645. The molecule has 0 bridgehead atoms. The third kappa shape index (κ3) is 8.40. The molecule has 0 spiro atoms. The molecule has 8 heteroatoms. The fourth-order valence-corrected chi connectivity index (χ4v) is 3.81. The highest BCUT2D eigenvalue weighted by molar-refractivity contribution is 6.30. The number of amides is 4. The van der Waals surface area contributed by atoms with Crippen LogP contribution < -0.4 is 16.0 Å². The molecule has 0 radical (unpaired) electrons. The first-order valence-electron chi connectivity index (χ1n) is 11.0. The van der Waals surface area contributed by atoms with Crippen molar-refractivity contribution in [3.05, 3.63) is 29.3 Å². The Bertz CT molecular complexity index is 761. The molecule has 0 saturated carbocycles. The summed E-state index contributed by atoms with van der Waals surface area (Å²) in [4.78, 5) is 39.5. The molecule has 1 unspecified atom stereocenters. The zero-order valence-electron chi connectivity index (χ0n) is 18.9. The number of anilines is 1. The average molecular weight is 451 g/mol. The molecule has 1 fully saturated rings. The molecule has 31 heavy (non-hydrogen) atoms. The lowest BCUT2D eigenvalue weighted by atomic mass is 9.88. The summed E-state index contributed by atoms with van der Waals surface area (Å²) < 4.78 is 0. The number of benzene rings is 1. The second kappa shape index (κ2) is 11.9.